The summed E-state index contributed by atoms with van der Waals surface area (Å²) < 4.78 is 33.0. The number of aryl methyl sites for hydroxylation is 2. The lowest BCUT2D eigenvalue weighted by Crippen LogP contribution is -2.38. The van der Waals surface area contributed by atoms with Gasteiger partial charge in [-0.2, -0.15) is 4.31 Å². The standard InChI is InChI=1S/C23H30N2O4S/c1-17-7-10-25(11-8-17)30(27,28)22-6-4-5-20(16-22)23(26)24-9-12-29-21-14-18(2)13-19(3)15-21/h4-6,13-17H,7-12H2,1-3H3,(H,24,26). The van der Waals surface area contributed by atoms with Gasteiger partial charge in [0.25, 0.3) is 5.91 Å². The van der Waals surface area contributed by atoms with Crippen molar-refractivity contribution in [3.8, 4) is 5.75 Å². The van der Waals surface area contributed by atoms with Gasteiger partial charge in [-0.05, 0) is 74.1 Å². The second-order valence-electron chi connectivity index (χ2n) is 8.04. The van der Waals surface area contributed by atoms with Crippen LogP contribution in [0.2, 0.25) is 0 Å². The van der Waals surface area contributed by atoms with E-state index in [9.17, 15) is 13.2 Å². The van der Waals surface area contributed by atoms with Crippen LogP contribution in [-0.2, 0) is 10.0 Å². The van der Waals surface area contributed by atoms with Crippen molar-refractivity contribution in [1.29, 1.82) is 0 Å². The molecule has 1 aliphatic rings. The van der Waals surface area contributed by atoms with Crippen LogP contribution in [0.1, 0.15) is 41.3 Å². The topological polar surface area (TPSA) is 75.7 Å². The van der Waals surface area contributed by atoms with E-state index in [2.05, 4.69) is 18.3 Å². The van der Waals surface area contributed by atoms with E-state index < -0.39 is 10.0 Å². The quantitative estimate of drug-likeness (QED) is 0.682. The monoisotopic (exact) mass is 430 g/mol. The molecule has 30 heavy (non-hydrogen) atoms. The molecule has 0 bridgehead atoms. The van der Waals surface area contributed by atoms with Crippen molar-refractivity contribution < 1.29 is 17.9 Å². The number of nitrogens with one attached hydrogen (secondary N) is 1. The number of carbonyl (C=O) groups excluding carboxylic acids is 1. The summed E-state index contributed by atoms with van der Waals surface area (Å²) >= 11 is 0. The summed E-state index contributed by atoms with van der Waals surface area (Å²) in [5.41, 5.74) is 2.57. The van der Waals surface area contributed by atoms with Crippen LogP contribution < -0.4 is 10.1 Å². The highest BCUT2D eigenvalue weighted by atomic mass is 32.2. The molecule has 3 rings (SSSR count). The van der Waals surface area contributed by atoms with E-state index in [1.165, 1.54) is 10.4 Å². The van der Waals surface area contributed by atoms with Crippen LogP contribution in [0, 0.1) is 19.8 Å². The number of piperidine rings is 1. The summed E-state index contributed by atoms with van der Waals surface area (Å²) in [6.07, 6.45) is 1.72. The number of nitrogens with zero attached hydrogens (tertiary/aromatic N) is 1. The van der Waals surface area contributed by atoms with Crippen LogP contribution in [0.15, 0.2) is 47.4 Å². The smallest absolute Gasteiger partial charge is 0.251 e. The van der Waals surface area contributed by atoms with E-state index in [1.807, 2.05) is 26.0 Å². The molecule has 1 heterocycles. The maximum absolute atomic E-state index is 12.9. The van der Waals surface area contributed by atoms with Crippen molar-refractivity contribution in [1.82, 2.24) is 9.62 Å². The molecule has 2 aromatic rings. The molecule has 0 aromatic heterocycles. The Kier molecular flexibility index (Phi) is 7.15. The Morgan fingerprint density at radius 3 is 2.43 bits per heavy atom. The van der Waals surface area contributed by atoms with Crippen molar-refractivity contribution in [2.24, 2.45) is 5.92 Å². The second kappa shape index (κ2) is 9.62. The first-order valence-corrected chi connectivity index (χ1v) is 11.8. The Hall–Kier alpha value is -2.38. The number of benzene rings is 2. The molecule has 1 amide bonds. The molecule has 2 aromatic carbocycles. The predicted octanol–water partition coefficient (Wildman–Crippen LogP) is 3.53. The zero-order valence-electron chi connectivity index (χ0n) is 17.8. The maximum atomic E-state index is 12.9. The molecule has 1 N–H and O–H groups in total. The molecule has 0 aliphatic carbocycles. The fourth-order valence-electron chi connectivity index (χ4n) is 3.62. The third-order valence-corrected chi connectivity index (χ3v) is 7.22. The Balaban J connectivity index is 1.57. The van der Waals surface area contributed by atoms with Gasteiger partial charge in [0.15, 0.2) is 0 Å². The van der Waals surface area contributed by atoms with Gasteiger partial charge < -0.3 is 10.1 Å². The predicted molar refractivity (Wildman–Crippen MR) is 117 cm³/mol. The lowest BCUT2D eigenvalue weighted by atomic mass is 10.0. The van der Waals surface area contributed by atoms with Crippen LogP contribution in [0.4, 0.5) is 0 Å². The van der Waals surface area contributed by atoms with E-state index in [0.29, 0.717) is 37.7 Å². The van der Waals surface area contributed by atoms with Gasteiger partial charge in [0, 0.05) is 18.7 Å². The van der Waals surface area contributed by atoms with Crippen LogP contribution in [0.25, 0.3) is 0 Å². The van der Waals surface area contributed by atoms with Crippen molar-refractivity contribution in [3.63, 3.8) is 0 Å². The Morgan fingerprint density at radius 2 is 1.77 bits per heavy atom. The zero-order valence-corrected chi connectivity index (χ0v) is 18.7. The van der Waals surface area contributed by atoms with E-state index >= 15 is 0 Å². The Morgan fingerprint density at radius 1 is 1.10 bits per heavy atom. The lowest BCUT2D eigenvalue weighted by Gasteiger charge is -2.29. The largest absolute Gasteiger partial charge is 0.492 e. The first-order valence-electron chi connectivity index (χ1n) is 10.4. The first-order chi connectivity index (χ1) is 14.3. The van der Waals surface area contributed by atoms with Gasteiger partial charge in [0.05, 0.1) is 11.4 Å². The van der Waals surface area contributed by atoms with Crippen LogP contribution in [0.5, 0.6) is 5.75 Å². The fraction of sp³-hybridized carbons (Fsp3) is 0.435. The molecule has 7 heteroatoms. The molecule has 0 atom stereocenters. The number of sulfonamides is 1. The molecule has 0 saturated carbocycles. The minimum atomic E-state index is -3.58. The molecule has 6 nitrogen and oxygen atoms in total. The molecule has 1 fully saturated rings. The van der Waals surface area contributed by atoms with Gasteiger partial charge in [-0.3, -0.25) is 4.79 Å². The average Bonchev–Trinajstić information content (AvgIpc) is 2.71. The van der Waals surface area contributed by atoms with E-state index in [0.717, 1.165) is 29.7 Å². The van der Waals surface area contributed by atoms with Gasteiger partial charge in [-0.25, -0.2) is 8.42 Å². The minimum absolute atomic E-state index is 0.163. The summed E-state index contributed by atoms with van der Waals surface area (Å²) in [5.74, 6) is 0.994. The van der Waals surface area contributed by atoms with Gasteiger partial charge in [-0.1, -0.05) is 19.1 Å². The van der Waals surface area contributed by atoms with Crippen LogP contribution in [-0.4, -0.2) is 44.9 Å². The number of rotatable bonds is 7. The first kappa shape index (κ1) is 22.3. The number of hydrogen-bond donors (Lipinski definition) is 1. The highest BCUT2D eigenvalue weighted by molar-refractivity contribution is 7.89. The normalized spacial score (nSPS) is 15.7. The van der Waals surface area contributed by atoms with Crippen molar-refractivity contribution >= 4 is 15.9 Å². The minimum Gasteiger partial charge on any atom is -0.492 e. The molecule has 162 valence electrons. The number of amides is 1. The lowest BCUT2D eigenvalue weighted by molar-refractivity contribution is 0.0946. The number of ether oxygens (including phenoxy) is 1. The summed E-state index contributed by atoms with van der Waals surface area (Å²) in [6.45, 7) is 7.86. The van der Waals surface area contributed by atoms with E-state index in [1.54, 1.807) is 18.2 Å². The van der Waals surface area contributed by atoms with E-state index in [4.69, 9.17) is 4.74 Å². The molecule has 1 aliphatic heterocycles. The van der Waals surface area contributed by atoms with Crippen LogP contribution in [0.3, 0.4) is 0 Å². The zero-order chi connectivity index (χ0) is 21.7. The van der Waals surface area contributed by atoms with Gasteiger partial charge in [0.1, 0.15) is 12.4 Å². The summed E-state index contributed by atoms with van der Waals surface area (Å²) in [7, 11) is -3.58. The Labute approximate surface area is 179 Å². The van der Waals surface area contributed by atoms with E-state index in [-0.39, 0.29) is 10.8 Å². The molecular weight excluding hydrogens is 400 g/mol. The number of hydrogen-bond acceptors (Lipinski definition) is 4. The summed E-state index contributed by atoms with van der Waals surface area (Å²) in [4.78, 5) is 12.7. The second-order valence-corrected chi connectivity index (χ2v) is 9.98. The van der Waals surface area contributed by atoms with Gasteiger partial charge >= 0.3 is 0 Å². The summed E-state index contributed by atoms with van der Waals surface area (Å²) in [6, 6.07) is 12.2. The van der Waals surface area contributed by atoms with Crippen molar-refractivity contribution in [3.05, 3.63) is 59.2 Å². The molecular formula is C23H30N2O4S. The third kappa shape index (κ3) is 5.61. The molecule has 0 radical (unpaired) electrons. The van der Waals surface area contributed by atoms with Gasteiger partial charge in [-0.15, -0.1) is 0 Å². The molecule has 0 unspecified atom stereocenters. The van der Waals surface area contributed by atoms with Gasteiger partial charge in [0.2, 0.25) is 10.0 Å². The number of carbonyl (C=O) groups is 1. The fourth-order valence-corrected chi connectivity index (χ4v) is 5.14. The SMILES string of the molecule is Cc1cc(C)cc(OCCNC(=O)c2cccc(S(=O)(=O)N3CCC(C)CC3)c2)c1. The Bertz CT molecular complexity index is 976. The highest BCUT2D eigenvalue weighted by Crippen LogP contribution is 2.24. The molecule has 1 saturated heterocycles. The van der Waals surface area contributed by atoms with Crippen molar-refractivity contribution in [2.75, 3.05) is 26.2 Å². The summed E-state index contributed by atoms with van der Waals surface area (Å²) in [5, 5.41) is 2.79. The third-order valence-electron chi connectivity index (χ3n) is 5.33. The van der Waals surface area contributed by atoms with Crippen molar-refractivity contribution in [2.45, 2.75) is 38.5 Å². The maximum Gasteiger partial charge on any atom is 0.251 e. The molecule has 0 spiro atoms. The van der Waals surface area contributed by atoms with Crippen LogP contribution >= 0.6 is 0 Å². The highest BCUT2D eigenvalue weighted by Gasteiger charge is 2.28. The average molecular weight is 431 g/mol.